The molecule has 0 unspecified atom stereocenters. The molecule has 0 aromatic carbocycles. The van der Waals surface area contributed by atoms with Crippen molar-refractivity contribution in [2.75, 3.05) is 13.0 Å². The SMILES string of the molecule is COC(=O)[C@H]1[C@H](CCl)[C@H]2C=C[C@@H]1CC2. The molecule has 0 aromatic rings. The Morgan fingerprint density at radius 2 is 2.07 bits per heavy atom. The van der Waals surface area contributed by atoms with Gasteiger partial charge in [0.15, 0.2) is 0 Å². The van der Waals surface area contributed by atoms with E-state index in [1.807, 2.05) is 0 Å². The van der Waals surface area contributed by atoms with Crippen LogP contribution in [-0.2, 0) is 9.53 Å². The molecule has 4 atom stereocenters. The number of fused-ring (bicyclic) bond motifs is 2. The van der Waals surface area contributed by atoms with Gasteiger partial charge in [-0.15, -0.1) is 11.6 Å². The highest BCUT2D eigenvalue weighted by atomic mass is 35.5. The topological polar surface area (TPSA) is 26.3 Å². The van der Waals surface area contributed by atoms with E-state index in [1.54, 1.807) is 0 Å². The molecule has 0 N–H and O–H groups in total. The first-order valence-corrected chi connectivity index (χ1v) is 5.63. The lowest BCUT2D eigenvalue weighted by atomic mass is 9.63. The molecule has 0 aromatic heterocycles. The summed E-state index contributed by atoms with van der Waals surface area (Å²) in [7, 11) is 1.46. The minimum atomic E-state index is -0.0882. The van der Waals surface area contributed by atoms with Crippen LogP contribution in [0.4, 0.5) is 0 Å². The van der Waals surface area contributed by atoms with Crippen LogP contribution in [0.2, 0.25) is 0 Å². The van der Waals surface area contributed by atoms with Crippen molar-refractivity contribution in [1.29, 1.82) is 0 Å². The predicted octanol–water partition coefficient (Wildman–Crippen LogP) is 2.23. The molecule has 0 spiro atoms. The van der Waals surface area contributed by atoms with E-state index in [-0.39, 0.29) is 17.8 Å². The van der Waals surface area contributed by atoms with E-state index >= 15 is 0 Å². The molecule has 0 amide bonds. The summed E-state index contributed by atoms with van der Waals surface area (Å²) in [6.45, 7) is 0. The van der Waals surface area contributed by atoms with E-state index < -0.39 is 0 Å². The third-order valence-electron chi connectivity index (χ3n) is 3.56. The zero-order valence-corrected chi connectivity index (χ0v) is 9.04. The lowest BCUT2D eigenvalue weighted by Gasteiger charge is -2.42. The van der Waals surface area contributed by atoms with E-state index in [0.717, 1.165) is 6.42 Å². The lowest BCUT2D eigenvalue weighted by Crippen LogP contribution is -2.42. The number of rotatable bonds is 2. The second-order valence-electron chi connectivity index (χ2n) is 4.16. The summed E-state index contributed by atoms with van der Waals surface area (Å²) in [6, 6.07) is 0. The summed E-state index contributed by atoms with van der Waals surface area (Å²) >= 11 is 5.93. The molecule has 2 bridgehead atoms. The second kappa shape index (κ2) is 3.93. The molecule has 14 heavy (non-hydrogen) atoms. The van der Waals surface area contributed by atoms with Crippen LogP contribution in [0, 0.1) is 23.7 Å². The quantitative estimate of drug-likeness (QED) is 0.400. The molecular formula is C11H15ClO2. The highest BCUT2D eigenvalue weighted by Crippen LogP contribution is 2.45. The molecule has 0 aliphatic heterocycles. The predicted molar refractivity (Wildman–Crippen MR) is 55.1 cm³/mol. The smallest absolute Gasteiger partial charge is 0.309 e. The fourth-order valence-electron chi connectivity index (χ4n) is 2.80. The van der Waals surface area contributed by atoms with Crippen LogP contribution in [0.1, 0.15) is 12.8 Å². The average Bonchev–Trinajstić information content (AvgIpc) is 2.28. The van der Waals surface area contributed by atoms with Crippen LogP contribution < -0.4 is 0 Å². The van der Waals surface area contributed by atoms with Gasteiger partial charge in [0.1, 0.15) is 0 Å². The van der Waals surface area contributed by atoms with Gasteiger partial charge in [-0.2, -0.15) is 0 Å². The van der Waals surface area contributed by atoms with E-state index in [2.05, 4.69) is 12.2 Å². The minimum Gasteiger partial charge on any atom is -0.469 e. The molecule has 1 saturated carbocycles. The summed E-state index contributed by atoms with van der Waals surface area (Å²) in [5, 5.41) is 0. The van der Waals surface area contributed by atoms with E-state index in [0.29, 0.717) is 17.7 Å². The van der Waals surface area contributed by atoms with Gasteiger partial charge in [0.2, 0.25) is 0 Å². The van der Waals surface area contributed by atoms with Crippen molar-refractivity contribution in [3.05, 3.63) is 12.2 Å². The Kier molecular flexibility index (Phi) is 2.82. The molecule has 3 aliphatic carbocycles. The van der Waals surface area contributed by atoms with Crippen molar-refractivity contribution in [1.82, 2.24) is 0 Å². The highest BCUT2D eigenvalue weighted by Gasteiger charge is 2.44. The standard InChI is InChI=1S/C11H15ClO2/c1-14-11(13)10-8-4-2-7(3-5-8)9(10)6-12/h2,4,7-10H,3,5-6H2,1H3/t7-,8+,9+,10+/m0/s1. The molecule has 78 valence electrons. The first-order valence-electron chi connectivity index (χ1n) is 5.10. The first kappa shape index (κ1) is 10.0. The van der Waals surface area contributed by atoms with Gasteiger partial charge in [0.25, 0.3) is 0 Å². The molecule has 0 heterocycles. The van der Waals surface area contributed by atoms with Gasteiger partial charge in [-0.05, 0) is 30.6 Å². The number of alkyl halides is 1. The number of carbonyl (C=O) groups is 1. The molecular weight excluding hydrogens is 200 g/mol. The van der Waals surface area contributed by atoms with Crippen LogP contribution in [-0.4, -0.2) is 19.0 Å². The summed E-state index contributed by atoms with van der Waals surface area (Å²) in [5.74, 6) is 1.60. The number of esters is 1. The maximum absolute atomic E-state index is 11.6. The van der Waals surface area contributed by atoms with Gasteiger partial charge in [-0.25, -0.2) is 0 Å². The van der Waals surface area contributed by atoms with Crippen LogP contribution in [0.15, 0.2) is 12.2 Å². The monoisotopic (exact) mass is 214 g/mol. The third-order valence-corrected chi connectivity index (χ3v) is 3.92. The fraction of sp³-hybridized carbons (Fsp3) is 0.727. The Labute approximate surface area is 89.3 Å². The van der Waals surface area contributed by atoms with Gasteiger partial charge in [-0.1, -0.05) is 12.2 Å². The van der Waals surface area contributed by atoms with Crippen molar-refractivity contribution in [3.63, 3.8) is 0 Å². The molecule has 0 saturated heterocycles. The van der Waals surface area contributed by atoms with E-state index in [9.17, 15) is 4.79 Å². The largest absolute Gasteiger partial charge is 0.469 e. The molecule has 3 rings (SSSR count). The first-order chi connectivity index (χ1) is 6.77. The maximum atomic E-state index is 11.6. The summed E-state index contributed by atoms with van der Waals surface area (Å²) < 4.78 is 4.84. The fourth-order valence-corrected chi connectivity index (χ4v) is 3.22. The number of methoxy groups -OCH3 is 1. The van der Waals surface area contributed by atoms with Crippen molar-refractivity contribution in [3.8, 4) is 0 Å². The van der Waals surface area contributed by atoms with Gasteiger partial charge < -0.3 is 4.74 Å². The third kappa shape index (κ3) is 1.46. The summed E-state index contributed by atoms with van der Waals surface area (Å²) in [5.41, 5.74) is 0. The van der Waals surface area contributed by atoms with Gasteiger partial charge in [0, 0.05) is 5.88 Å². The van der Waals surface area contributed by atoms with Gasteiger partial charge >= 0.3 is 5.97 Å². The van der Waals surface area contributed by atoms with Crippen molar-refractivity contribution < 1.29 is 9.53 Å². The van der Waals surface area contributed by atoms with Crippen LogP contribution in [0.5, 0.6) is 0 Å². The molecule has 2 nitrogen and oxygen atoms in total. The Hall–Kier alpha value is -0.500. The van der Waals surface area contributed by atoms with E-state index in [1.165, 1.54) is 13.5 Å². The van der Waals surface area contributed by atoms with Crippen LogP contribution in [0.3, 0.4) is 0 Å². The van der Waals surface area contributed by atoms with Crippen molar-refractivity contribution >= 4 is 17.6 Å². The Bertz CT molecular complexity index is 262. The molecule has 0 radical (unpaired) electrons. The van der Waals surface area contributed by atoms with E-state index in [4.69, 9.17) is 16.3 Å². The maximum Gasteiger partial charge on any atom is 0.309 e. The van der Waals surface area contributed by atoms with Crippen LogP contribution in [0.25, 0.3) is 0 Å². The number of hydrogen-bond donors (Lipinski definition) is 0. The average molecular weight is 215 g/mol. The molecule has 1 fully saturated rings. The zero-order chi connectivity index (χ0) is 10.1. The number of ether oxygens (including phenoxy) is 1. The number of halogens is 1. The zero-order valence-electron chi connectivity index (χ0n) is 8.28. The lowest BCUT2D eigenvalue weighted by molar-refractivity contribution is -0.151. The minimum absolute atomic E-state index is 0.00116. The molecule has 3 aliphatic rings. The second-order valence-corrected chi connectivity index (χ2v) is 4.47. The normalized spacial score (nSPS) is 39.9. The van der Waals surface area contributed by atoms with Crippen LogP contribution >= 0.6 is 11.6 Å². The number of carbonyl (C=O) groups excluding carboxylic acids is 1. The Morgan fingerprint density at radius 1 is 1.43 bits per heavy atom. The van der Waals surface area contributed by atoms with Gasteiger partial charge in [-0.3, -0.25) is 4.79 Å². The van der Waals surface area contributed by atoms with Gasteiger partial charge in [0.05, 0.1) is 13.0 Å². The summed E-state index contributed by atoms with van der Waals surface area (Å²) in [6.07, 6.45) is 6.67. The number of hydrogen-bond acceptors (Lipinski definition) is 2. The van der Waals surface area contributed by atoms with Crippen molar-refractivity contribution in [2.45, 2.75) is 12.8 Å². The Morgan fingerprint density at radius 3 is 2.57 bits per heavy atom. The summed E-state index contributed by atoms with van der Waals surface area (Å²) in [4.78, 5) is 11.6. The van der Waals surface area contributed by atoms with Crippen molar-refractivity contribution in [2.24, 2.45) is 23.7 Å². The number of allylic oxidation sites excluding steroid dienone is 2. The highest BCUT2D eigenvalue weighted by molar-refractivity contribution is 6.18. The Balaban J connectivity index is 2.22. The molecule has 3 heteroatoms.